The van der Waals surface area contributed by atoms with Crippen molar-refractivity contribution in [1.29, 1.82) is 0 Å². The highest BCUT2D eigenvalue weighted by Gasteiger charge is 2.18. The number of ether oxygens (including phenoxy) is 1. The highest BCUT2D eigenvalue weighted by Crippen LogP contribution is 2.34. The van der Waals surface area contributed by atoms with Crippen LogP contribution in [-0.2, 0) is 6.42 Å². The average Bonchev–Trinajstić information content (AvgIpc) is 3.22. The number of methoxy groups -OCH3 is 1. The maximum atomic E-state index is 14.5. The molecule has 0 saturated heterocycles. The molecule has 0 aliphatic heterocycles. The molecule has 158 valence electrons. The molecule has 0 aliphatic rings. The predicted octanol–water partition coefficient (Wildman–Crippen LogP) is 5.88. The van der Waals surface area contributed by atoms with E-state index < -0.39 is 0 Å². The van der Waals surface area contributed by atoms with Crippen molar-refractivity contribution in [2.24, 2.45) is 0 Å². The van der Waals surface area contributed by atoms with Gasteiger partial charge in [-0.05, 0) is 58.5 Å². The molecule has 0 radical (unpaired) electrons. The van der Waals surface area contributed by atoms with Gasteiger partial charge in [-0.15, -0.1) is 10.2 Å². The van der Waals surface area contributed by atoms with E-state index in [9.17, 15) is 4.39 Å². The van der Waals surface area contributed by atoms with Gasteiger partial charge in [-0.2, -0.15) is 0 Å². The maximum Gasteiger partial charge on any atom is 0.213 e. The van der Waals surface area contributed by atoms with E-state index in [1.807, 2.05) is 42.5 Å². The van der Waals surface area contributed by atoms with E-state index in [-0.39, 0.29) is 11.7 Å². The average molecular weight is 435 g/mol. The van der Waals surface area contributed by atoms with E-state index in [0.29, 0.717) is 12.3 Å². The summed E-state index contributed by atoms with van der Waals surface area (Å²) in [6.07, 6.45) is 2.18. The van der Waals surface area contributed by atoms with Gasteiger partial charge in [0.2, 0.25) is 5.88 Å². The number of rotatable bonds is 7. The van der Waals surface area contributed by atoms with Crippen LogP contribution in [0.1, 0.15) is 36.7 Å². The van der Waals surface area contributed by atoms with Crippen molar-refractivity contribution in [2.75, 3.05) is 7.11 Å². The summed E-state index contributed by atoms with van der Waals surface area (Å²) in [5.74, 6) is 1.10. The molecular weight excluding hydrogens is 411 g/mol. The summed E-state index contributed by atoms with van der Waals surface area (Å²) in [5, 5.41) is 9.35. The molecule has 1 N–H and O–H groups in total. The SMILES string of the molecule is COc1cc(-c2cc(F)cc(C(C)C)c2Cc2nnc(Sc3ccccc3)[nH]2)ccn1. The fourth-order valence-electron chi connectivity index (χ4n) is 3.49. The largest absolute Gasteiger partial charge is 0.481 e. The van der Waals surface area contributed by atoms with Crippen LogP contribution in [0.5, 0.6) is 5.88 Å². The second-order valence-corrected chi connectivity index (χ2v) is 8.49. The molecular formula is C24H23FN4OS. The Morgan fingerprint density at radius 3 is 2.61 bits per heavy atom. The molecule has 0 saturated carbocycles. The van der Waals surface area contributed by atoms with Gasteiger partial charge in [0.25, 0.3) is 0 Å². The van der Waals surface area contributed by atoms with Crippen molar-refractivity contribution in [2.45, 2.75) is 36.2 Å². The van der Waals surface area contributed by atoms with Crippen LogP contribution < -0.4 is 4.74 Å². The van der Waals surface area contributed by atoms with Crippen LogP contribution >= 0.6 is 11.8 Å². The Bertz CT molecular complexity index is 1180. The van der Waals surface area contributed by atoms with Crippen LogP contribution in [0.15, 0.2) is 70.8 Å². The Hall–Kier alpha value is -3.19. The third-order valence-corrected chi connectivity index (χ3v) is 5.83. The molecule has 0 fully saturated rings. The normalized spacial score (nSPS) is 11.1. The van der Waals surface area contributed by atoms with Crippen molar-refractivity contribution < 1.29 is 9.13 Å². The molecule has 5 nitrogen and oxygen atoms in total. The van der Waals surface area contributed by atoms with E-state index in [2.05, 4.69) is 34.0 Å². The molecule has 0 unspecified atom stereocenters. The molecule has 2 aromatic carbocycles. The minimum atomic E-state index is -0.267. The van der Waals surface area contributed by atoms with Crippen molar-refractivity contribution in [3.05, 3.63) is 83.6 Å². The lowest BCUT2D eigenvalue weighted by molar-refractivity contribution is 0.398. The smallest absolute Gasteiger partial charge is 0.213 e. The van der Waals surface area contributed by atoms with Crippen molar-refractivity contribution >= 4 is 11.8 Å². The van der Waals surface area contributed by atoms with E-state index in [0.717, 1.165) is 38.1 Å². The van der Waals surface area contributed by atoms with Gasteiger partial charge in [-0.3, -0.25) is 0 Å². The molecule has 2 aromatic heterocycles. The van der Waals surface area contributed by atoms with Gasteiger partial charge in [-0.1, -0.05) is 43.8 Å². The monoisotopic (exact) mass is 434 g/mol. The lowest BCUT2D eigenvalue weighted by atomic mass is 9.88. The van der Waals surface area contributed by atoms with Crippen LogP contribution in [0.3, 0.4) is 0 Å². The first-order chi connectivity index (χ1) is 15.0. The zero-order valence-corrected chi connectivity index (χ0v) is 18.4. The molecule has 0 bridgehead atoms. The fraction of sp³-hybridized carbons (Fsp3) is 0.208. The molecule has 31 heavy (non-hydrogen) atoms. The van der Waals surface area contributed by atoms with E-state index in [1.165, 1.54) is 11.8 Å². The van der Waals surface area contributed by atoms with Gasteiger partial charge in [-0.25, -0.2) is 9.37 Å². The summed E-state index contributed by atoms with van der Waals surface area (Å²) < 4.78 is 19.8. The van der Waals surface area contributed by atoms with Gasteiger partial charge < -0.3 is 9.72 Å². The number of aromatic amines is 1. The summed E-state index contributed by atoms with van der Waals surface area (Å²) in [4.78, 5) is 8.56. The molecule has 0 atom stereocenters. The summed E-state index contributed by atoms with van der Waals surface area (Å²) in [6.45, 7) is 4.12. The molecule has 7 heteroatoms. The zero-order chi connectivity index (χ0) is 21.8. The second kappa shape index (κ2) is 9.31. The van der Waals surface area contributed by atoms with Gasteiger partial charge in [0, 0.05) is 23.6 Å². The molecule has 4 rings (SSSR count). The summed E-state index contributed by atoms with van der Waals surface area (Å²) in [6, 6.07) is 16.9. The summed E-state index contributed by atoms with van der Waals surface area (Å²) in [7, 11) is 1.57. The zero-order valence-electron chi connectivity index (χ0n) is 17.6. The third kappa shape index (κ3) is 4.94. The van der Waals surface area contributed by atoms with E-state index in [1.54, 1.807) is 25.4 Å². The predicted molar refractivity (Wildman–Crippen MR) is 120 cm³/mol. The quantitative estimate of drug-likeness (QED) is 0.393. The first-order valence-electron chi connectivity index (χ1n) is 10.0. The van der Waals surface area contributed by atoms with E-state index in [4.69, 9.17) is 4.74 Å². The van der Waals surface area contributed by atoms with Gasteiger partial charge >= 0.3 is 0 Å². The Kier molecular flexibility index (Phi) is 6.32. The number of pyridine rings is 1. The summed E-state index contributed by atoms with van der Waals surface area (Å²) in [5.41, 5.74) is 3.61. The van der Waals surface area contributed by atoms with Crippen LogP contribution in [0, 0.1) is 5.82 Å². The first-order valence-corrected chi connectivity index (χ1v) is 10.8. The number of halogens is 1. The number of H-pyrrole nitrogens is 1. The molecule has 0 aliphatic carbocycles. The first kappa shape index (κ1) is 21.1. The topological polar surface area (TPSA) is 63.7 Å². The van der Waals surface area contributed by atoms with Crippen LogP contribution in [0.25, 0.3) is 11.1 Å². The number of hydrogen-bond donors (Lipinski definition) is 1. The molecule has 0 amide bonds. The fourth-order valence-corrected chi connectivity index (χ4v) is 4.26. The van der Waals surface area contributed by atoms with Gasteiger partial charge in [0.1, 0.15) is 11.6 Å². The lowest BCUT2D eigenvalue weighted by Crippen LogP contribution is -2.04. The molecule has 2 heterocycles. The maximum absolute atomic E-state index is 14.5. The lowest BCUT2D eigenvalue weighted by Gasteiger charge is -2.17. The third-order valence-electron chi connectivity index (χ3n) is 4.94. The van der Waals surface area contributed by atoms with Gasteiger partial charge in [0.05, 0.1) is 7.11 Å². The second-order valence-electron chi connectivity index (χ2n) is 7.43. The standard InChI is InChI=1S/C24H23FN4OS/c1-15(2)19-12-17(25)13-20(16-9-10-26-23(11-16)30-3)21(19)14-22-27-24(29-28-22)31-18-7-5-4-6-8-18/h4-13,15H,14H2,1-3H3,(H,27,28,29). The highest BCUT2D eigenvalue weighted by molar-refractivity contribution is 7.99. The number of benzene rings is 2. The number of nitrogens with zero attached hydrogens (tertiary/aromatic N) is 3. The Morgan fingerprint density at radius 1 is 1.06 bits per heavy atom. The number of aromatic nitrogens is 4. The van der Waals surface area contributed by atoms with Gasteiger partial charge in [0.15, 0.2) is 5.16 Å². The number of hydrogen-bond acceptors (Lipinski definition) is 5. The minimum Gasteiger partial charge on any atom is -0.481 e. The van der Waals surface area contributed by atoms with Crippen molar-refractivity contribution in [3.63, 3.8) is 0 Å². The Labute approximate surface area is 185 Å². The molecule has 4 aromatic rings. The van der Waals surface area contributed by atoms with Crippen molar-refractivity contribution in [1.82, 2.24) is 20.2 Å². The minimum absolute atomic E-state index is 0.147. The number of nitrogens with one attached hydrogen (secondary N) is 1. The van der Waals surface area contributed by atoms with Crippen LogP contribution in [0.2, 0.25) is 0 Å². The Morgan fingerprint density at radius 2 is 1.87 bits per heavy atom. The highest BCUT2D eigenvalue weighted by atomic mass is 32.2. The summed E-state index contributed by atoms with van der Waals surface area (Å²) >= 11 is 1.52. The van der Waals surface area contributed by atoms with Crippen LogP contribution in [-0.4, -0.2) is 27.3 Å². The van der Waals surface area contributed by atoms with Crippen LogP contribution in [0.4, 0.5) is 4.39 Å². The molecule has 0 spiro atoms. The van der Waals surface area contributed by atoms with Crippen molar-refractivity contribution in [3.8, 4) is 17.0 Å². The van der Waals surface area contributed by atoms with E-state index >= 15 is 0 Å². The Balaban J connectivity index is 1.72.